The lowest BCUT2D eigenvalue weighted by atomic mass is 10.1. The summed E-state index contributed by atoms with van der Waals surface area (Å²) in [4.78, 5) is 15.7. The summed E-state index contributed by atoms with van der Waals surface area (Å²) in [6.07, 6.45) is 5.20. The highest BCUT2D eigenvalue weighted by molar-refractivity contribution is 5.89. The van der Waals surface area contributed by atoms with E-state index in [2.05, 4.69) is 4.98 Å². The third kappa shape index (κ3) is 4.09. The van der Waals surface area contributed by atoms with Crippen LogP contribution in [0, 0.1) is 0 Å². The standard InChI is InChI=1S/C16H17NO3/c1-19-15-6-4-14(5-7-15)16(18)20-12-2-3-13-8-10-17-11-9-13/h4-11H,2-3,12H2,1H3. The van der Waals surface area contributed by atoms with Gasteiger partial charge in [0.25, 0.3) is 0 Å². The summed E-state index contributed by atoms with van der Waals surface area (Å²) >= 11 is 0. The number of carbonyl (C=O) groups excluding carboxylic acids is 1. The summed E-state index contributed by atoms with van der Waals surface area (Å²) in [6.45, 7) is 0.410. The number of aromatic nitrogens is 1. The van der Waals surface area contributed by atoms with E-state index in [1.54, 1.807) is 43.8 Å². The average molecular weight is 271 g/mol. The van der Waals surface area contributed by atoms with Gasteiger partial charge in [0.05, 0.1) is 19.3 Å². The number of aryl methyl sites for hydroxylation is 1. The predicted molar refractivity (Wildman–Crippen MR) is 75.8 cm³/mol. The van der Waals surface area contributed by atoms with Gasteiger partial charge in [-0.25, -0.2) is 4.79 Å². The van der Waals surface area contributed by atoms with Crippen LogP contribution in [0.5, 0.6) is 5.75 Å². The van der Waals surface area contributed by atoms with Gasteiger partial charge in [0.1, 0.15) is 5.75 Å². The third-order valence-electron chi connectivity index (χ3n) is 2.92. The lowest BCUT2D eigenvalue weighted by Crippen LogP contribution is -2.07. The van der Waals surface area contributed by atoms with Crippen LogP contribution >= 0.6 is 0 Å². The normalized spacial score (nSPS) is 10.1. The molecule has 0 radical (unpaired) electrons. The van der Waals surface area contributed by atoms with Crippen LogP contribution in [0.25, 0.3) is 0 Å². The van der Waals surface area contributed by atoms with Crippen molar-refractivity contribution in [3.63, 3.8) is 0 Å². The first-order valence-corrected chi connectivity index (χ1v) is 6.49. The Kier molecular flexibility index (Phi) is 5.12. The molecule has 0 fully saturated rings. The molecule has 1 aromatic carbocycles. The summed E-state index contributed by atoms with van der Waals surface area (Å²) in [5.41, 5.74) is 1.73. The molecule has 4 nitrogen and oxygen atoms in total. The van der Waals surface area contributed by atoms with Crippen LogP contribution in [0.4, 0.5) is 0 Å². The second-order valence-electron chi connectivity index (χ2n) is 4.32. The van der Waals surface area contributed by atoms with Gasteiger partial charge in [0.15, 0.2) is 0 Å². The fraction of sp³-hybridized carbons (Fsp3) is 0.250. The topological polar surface area (TPSA) is 48.4 Å². The van der Waals surface area contributed by atoms with E-state index in [0.717, 1.165) is 18.6 Å². The molecule has 0 aliphatic carbocycles. The van der Waals surface area contributed by atoms with Gasteiger partial charge in [0, 0.05) is 12.4 Å². The van der Waals surface area contributed by atoms with Crippen molar-refractivity contribution < 1.29 is 14.3 Å². The molecule has 1 aromatic heterocycles. The average Bonchev–Trinajstić information content (AvgIpc) is 2.52. The highest BCUT2D eigenvalue weighted by Gasteiger charge is 2.06. The minimum absolute atomic E-state index is 0.303. The summed E-state index contributed by atoms with van der Waals surface area (Å²) < 4.78 is 10.3. The van der Waals surface area contributed by atoms with Gasteiger partial charge in [-0.1, -0.05) is 0 Å². The molecule has 0 saturated carbocycles. The predicted octanol–water partition coefficient (Wildman–Crippen LogP) is 2.88. The molecule has 0 aliphatic rings. The van der Waals surface area contributed by atoms with E-state index in [9.17, 15) is 4.79 Å². The number of carbonyl (C=O) groups is 1. The molecule has 2 rings (SSSR count). The minimum Gasteiger partial charge on any atom is -0.497 e. The number of methoxy groups -OCH3 is 1. The molecule has 0 spiro atoms. The van der Waals surface area contributed by atoms with Gasteiger partial charge >= 0.3 is 5.97 Å². The Morgan fingerprint density at radius 1 is 1.10 bits per heavy atom. The van der Waals surface area contributed by atoms with E-state index in [4.69, 9.17) is 9.47 Å². The van der Waals surface area contributed by atoms with Gasteiger partial charge in [-0.05, 0) is 54.8 Å². The Bertz CT molecular complexity index is 537. The molecule has 4 heteroatoms. The molecule has 0 bridgehead atoms. The molecule has 0 atom stereocenters. The highest BCUT2D eigenvalue weighted by atomic mass is 16.5. The van der Waals surface area contributed by atoms with Crippen molar-refractivity contribution in [2.24, 2.45) is 0 Å². The van der Waals surface area contributed by atoms with Crippen molar-refractivity contribution in [2.45, 2.75) is 12.8 Å². The van der Waals surface area contributed by atoms with Gasteiger partial charge in [-0.15, -0.1) is 0 Å². The maximum absolute atomic E-state index is 11.8. The first kappa shape index (κ1) is 14.1. The maximum atomic E-state index is 11.8. The number of rotatable bonds is 6. The molecule has 0 unspecified atom stereocenters. The van der Waals surface area contributed by atoms with Crippen LogP contribution in [0.3, 0.4) is 0 Å². The molecule has 0 N–H and O–H groups in total. The molecule has 104 valence electrons. The molecular formula is C16H17NO3. The molecule has 0 saturated heterocycles. The molecule has 0 amide bonds. The third-order valence-corrected chi connectivity index (χ3v) is 2.92. The van der Waals surface area contributed by atoms with E-state index in [0.29, 0.717) is 12.2 Å². The first-order valence-electron chi connectivity index (χ1n) is 6.49. The van der Waals surface area contributed by atoms with Crippen molar-refractivity contribution in [2.75, 3.05) is 13.7 Å². The largest absolute Gasteiger partial charge is 0.497 e. The Morgan fingerprint density at radius 2 is 1.80 bits per heavy atom. The van der Waals surface area contributed by atoms with Crippen LogP contribution in [0.2, 0.25) is 0 Å². The highest BCUT2D eigenvalue weighted by Crippen LogP contribution is 2.12. The molecule has 0 aliphatic heterocycles. The Morgan fingerprint density at radius 3 is 2.45 bits per heavy atom. The van der Waals surface area contributed by atoms with Crippen LogP contribution in [0.1, 0.15) is 22.3 Å². The SMILES string of the molecule is COc1ccc(C(=O)OCCCc2ccncc2)cc1. The fourth-order valence-corrected chi connectivity index (χ4v) is 1.80. The van der Waals surface area contributed by atoms with Crippen molar-refractivity contribution >= 4 is 5.97 Å². The number of hydrogen-bond donors (Lipinski definition) is 0. The van der Waals surface area contributed by atoms with E-state index < -0.39 is 0 Å². The zero-order valence-corrected chi connectivity index (χ0v) is 11.4. The molecule has 2 aromatic rings. The van der Waals surface area contributed by atoms with Crippen LogP contribution < -0.4 is 4.74 Å². The van der Waals surface area contributed by atoms with Crippen molar-refractivity contribution in [1.29, 1.82) is 0 Å². The number of nitrogens with zero attached hydrogens (tertiary/aromatic N) is 1. The maximum Gasteiger partial charge on any atom is 0.338 e. The second kappa shape index (κ2) is 7.28. The van der Waals surface area contributed by atoms with Gasteiger partial charge in [-0.2, -0.15) is 0 Å². The quantitative estimate of drug-likeness (QED) is 0.598. The number of hydrogen-bond acceptors (Lipinski definition) is 4. The van der Waals surface area contributed by atoms with E-state index >= 15 is 0 Å². The molecule has 1 heterocycles. The first-order chi connectivity index (χ1) is 9.79. The smallest absolute Gasteiger partial charge is 0.338 e. The van der Waals surface area contributed by atoms with Gasteiger partial charge in [0.2, 0.25) is 0 Å². The fourth-order valence-electron chi connectivity index (χ4n) is 1.80. The second-order valence-corrected chi connectivity index (χ2v) is 4.32. The Balaban J connectivity index is 1.74. The number of ether oxygens (including phenoxy) is 2. The van der Waals surface area contributed by atoms with Crippen molar-refractivity contribution in [3.8, 4) is 5.75 Å². The van der Waals surface area contributed by atoms with Gasteiger partial charge < -0.3 is 9.47 Å². The minimum atomic E-state index is -0.303. The molecule has 20 heavy (non-hydrogen) atoms. The zero-order valence-electron chi connectivity index (χ0n) is 11.4. The lowest BCUT2D eigenvalue weighted by molar-refractivity contribution is 0.0500. The van der Waals surface area contributed by atoms with E-state index in [-0.39, 0.29) is 5.97 Å². The number of esters is 1. The van der Waals surface area contributed by atoms with Gasteiger partial charge in [-0.3, -0.25) is 4.98 Å². The monoisotopic (exact) mass is 271 g/mol. The summed E-state index contributed by atoms with van der Waals surface area (Å²) in [5, 5.41) is 0. The number of benzene rings is 1. The van der Waals surface area contributed by atoms with Crippen LogP contribution in [-0.4, -0.2) is 24.7 Å². The van der Waals surface area contributed by atoms with Crippen molar-refractivity contribution in [3.05, 3.63) is 59.9 Å². The summed E-state index contributed by atoms with van der Waals surface area (Å²) in [7, 11) is 1.59. The summed E-state index contributed by atoms with van der Waals surface area (Å²) in [6, 6.07) is 10.8. The van der Waals surface area contributed by atoms with Crippen molar-refractivity contribution in [1.82, 2.24) is 4.98 Å². The number of pyridine rings is 1. The zero-order chi connectivity index (χ0) is 14.2. The van der Waals surface area contributed by atoms with Crippen LogP contribution in [-0.2, 0) is 11.2 Å². The Labute approximate surface area is 118 Å². The van der Waals surface area contributed by atoms with E-state index in [1.165, 1.54) is 5.56 Å². The lowest BCUT2D eigenvalue weighted by Gasteiger charge is -2.05. The summed E-state index contributed by atoms with van der Waals surface area (Å²) in [5.74, 6) is 0.418. The molecular weight excluding hydrogens is 254 g/mol. The van der Waals surface area contributed by atoms with Crippen LogP contribution in [0.15, 0.2) is 48.8 Å². The van der Waals surface area contributed by atoms with E-state index in [1.807, 2.05) is 12.1 Å². The Hall–Kier alpha value is -2.36.